The van der Waals surface area contributed by atoms with E-state index in [9.17, 15) is 4.79 Å². The zero-order chi connectivity index (χ0) is 16.9. The molecule has 3 aromatic rings. The highest BCUT2D eigenvalue weighted by molar-refractivity contribution is 5.78. The van der Waals surface area contributed by atoms with Gasteiger partial charge in [0.15, 0.2) is 0 Å². The molecule has 0 atom stereocenters. The second-order valence-corrected chi connectivity index (χ2v) is 5.76. The van der Waals surface area contributed by atoms with E-state index in [1.165, 1.54) is 0 Å². The van der Waals surface area contributed by atoms with Gasteiger partial charge in [-0.25, -0.2) is 4.98 Å². The van der Waals surface area contributed by atoms with E-state index in [4.69, 9.17) is 5.73 Å². The summed E-state index contributed by atoms with van der Waals surface area (Å²) in [6.45, 7) is 3.39. The fraction of sp³-hybridized carbons (Fsp3) is 0.278. The summed E-state index contributed by atoms with van der Waals surface area (Å²) >= 11 is 0. The Morgan fingerprint density at radius 3 is 2.92 bits per heavy atom. The molecule has 2 heterocycles. The Morgan fingerprint density at radius 2 is 2.08 bits per heavy atom. The van der Waals surface area contributed by atoms with Crippen molar-refractivity contribution in [2.24, 2.45) is 0 Å². The number of aromatic amines is 1. The highest BCUT2D eigenvalue weighted by atomic mass is 16.1. The third kappa shape index (κ3) is 3.37. The molecule has 0 fully saturated rings. The van der Waals surface area contributed by atoms with Gasteiger partial charge in [-0.15, -0.1) is 0 Å². The molecule has 0 aliphatic heterocycles. The second-order valence-electron chi connectivity index (χ2n) is 5.76. The first-order valence-corrected chi connectivity index (χ1v) is 8.18. The molecule has 0 aliphatic rings. The Kier molecular flexibility index (Phi) is 4.74. The molecule has 0 saturated carbocycles. The summed E-state index contributed by atoms with van der Waals surface area (Å²) in [5, 5.41) is 4.35. The standard InChI is InChI=1S/C18H21N5O/c1-2-3-10-20-17-14(11-21-18(19)22-17)12-23-15-7-5-4-6-13(15)8-9-16(23)24/h4-9,11H,2-3,10,12H2,1H3,(H3,19,20,21,22)/p+1. The van der Waals surface area contributed by atoms with Crippen molar-refractivity contribution in [3.05, 3.63) is 58.5 Å². The number of unbranched alkanes of at least 4 members (excludes halogenated alkanes) is 1. The zero-order valence-electron chi connectivity index (χ0n) is 13.7. The van der Waals surface area contributed by atoms with E-state index >= 15 is 0 Å². The first kappa shape index (κ1) is 16.0. The average molecular weight is 324 g/mol. The lowest BCUT2D eigenvalue weighted by Crippen LogP contribution is -2.23. The Morgan fingerprint density at radius 1 is 1.25 bits per heavy atom. The van der Waals surface area contributed by atoms with Crippen LogP contribution in [0.25, 0.3) is 10.9 Å². The molecule has 24 heavy (non-hydrogen) atoms. The van der Waals surface area contributed by atoms with Crippen molar-refractivity contribution in [2.45, 2.75) is 26.3 Å². The number of benzene rings is 1. The van der Waals surface area contributed by atoms with Crippen molar-refractivity contribution in [3.63, 3.8) is 0 Å². The molecule has 4 N–H and O–H groups in total. The quantitative estimate of drug-likeness (QED) is 0.679. The first-order chi connectivity index (χ1) is 11.7. The third-order valence-corrected chi connectivity index (χ3v) is 3.98. The number of aromatic nitrogens is 3. The monoisotopic (exact) mass is 324 g/mol. The smallest absolute Gasteiger partial charge is 0.356 e. The first-order valence-electron chi connectivity index (χ1n) is 8.18. The summed E-state index contributed by atoms with van der Waals surface area (Å²) in [5.41, 5.74) is 7.54. The third-order valence-electron chi connectivity index (χ3n) is 3.98. The van der Waals surface area contributed by atoms with Crippen LogP contribution in [0.15, 0.2) is 47.4 Å². The topological polar surface area (TPSA) is 87.1 Å². The van der Waals surface area contributed by atoms with Crippen molar-refractivity contribution in [3.8, 4) is 0 Å². The highest BCUT2D eigenvalue weighted by Crippen LogP contribution is 2.16. The number of hydrogen-bond donors (Lipinski definition) is 2. The van der Waals surface area contributed by atoms with Gasteiger partial charge >= 0.3 is 5.95 Å². The average Bonchev–Trinajstić information content (AvgIpc) is 2.59. The van der Waals surface area contributed by atoms with Crippen LogP contribution in [-0.2, 0) is 6.54 Å². The molecule has 0 aliphatic carbocycles. The minimum absolute atomic E-state index is 0.0370. The molecule has 0 amide bonds. The number of pyridine rings is 1. The van der Waals surface area contributed by atoms with Gasteiger partial charge in [-0.1, -0.05) is 36.5 Å². The highest BCUT2D eigenvalue weighted by Gasteiger charge is 2.13. The van der Waals surface area contributed by atoms with Crippen LogP contribution in [0.2, 0.25) is 0 Å². The molecule has 0 bridgehead atoms. The van der Waals surface area contributed by atoms with E-state index in [1.54, 1.807) is 10.6 Å². The fourth-order valence-electron chi connectivity index (χ4n) is 2.69. The minimum atomic E-state index is -0.0370. The number of nitrogens with two attached hydrogens (primary N) is 1. The summed E-state index contributed by atoms with van der Waals surface area (Å²) < 4.78 is 1.75. The maximum atomic E-state index is 12.4. The predicted molar refractivity (Wildman–Crippen MR) is 95.9 cm³/mol. The van der Waals surface area contributed by atoms with Gasteiger partial charge in [0.05, 0.1) is 23.8 Å². The van der Waals surface area contributed by atoms with Crippen molar-refractivity contribution in [1.29, 1.82) is 0 Å². The SMILES string of the molecule is CCCCNc1nc(N)[nH+]cc1Cn1c(=O)ccc2ccccc21. The molecule has 1 aromatic carbocycles. The molecule has 124 valence electrons. The van der Waals surface area contributed by atoms with Crippen LogP contribution in [0, 0.1) is 0 Å². The Hall–Kier alpha value is -2.89. The van der Waals surface area contributed by atoms with E-state index in [1.807, 2.05) is 36.5 Å². The van der Waals surface area contributed by atoms with Crippen LogP contribution in [0.3, 0.4) is 0 Å². The fourth-order valence-corrected chi connectivity index (χ4v) is 2.69. The lowest BCUT2D eigenvalue weighted by molar-refractivity contribution is -0.364. The largest absolute Gasteiger partial charge is 0.388 e. The predicted octanol–water partition coefficient (Wildman–Crippen LogP) is 2.05. The van der Waals surface area contributed by atoms with Crippen molar-refractivity contribution >= 4 is 22.7 Å². The number of H-pyrrole nitrogens is 1. The van der Waals surface area contributed by atoms with Crippen LogP contribution in [0.1, 0.15) is 25.3 Å². The molecule has 0 saturated heterocycles. The summed E-state index contributed by atoms with van der Waals surface area (Å²) in [5.74, 6) is 1.07. The Balaban J connectivity index is 2.00. The van der Waals surface area contributed by atoms with Crippen LogP contribution in [-0.4, -0.2) is 16.1 Å². The zero-order valence-corrected chi connectivity index (χ0v) is 13.7. The number of para-hydroxylation sites is 1. The van der Waals surface area contributed by atoms with Crippen LogP contribution in [0.5, 0.6) is 0 Å². The van der Waals surface area contributed by atoms with E-state index in [-0.39, 0.29) is 5.56 Å². The molecular weight excluding hydrogens is 302 g/mol. The number of anilines is 2. The molecule has 0 spiro atoms. The second kappa shape index (κ2) is 7.12. The minimum Gasteiger partial charge on any atom is -0.356 e. The summed E-state index contributed by atoms with van der Waals surface area (Å²) in [7, 11) is 0. The van der Waals surface area contributed by atoms with E-state index < -0.39 is 0 Å². The van der Waals surface area contributed by atoms with Gasteiger partial charge in [-0.3, -0.25) is 10.5 Å². The number of nitrogens with one attached hydrogen (secondary N) is 2. The maximum Gasteiger partial charge on any atom is 0.388 e. The molecule has 0 unspecified atom stereocenters. The summed E-state index contributed by atoms with van der Waals surface area (Å²) in [6.07, 6.45) is 3.96. The van der Waals surface area contributed by atoms with Gasteiger partial charge in [0.1, 0.15) is 0 Å². The number of fused-ring (bicyclic) bond motifs is 1. The van der Waals surface area contributed by atoms with Crippen molar-refractivity contribution < 1.29 is 4.98 Å². The van der Waals surface area contributed by atoms with Crippen LogP contribution in [0.4, 0.5) is 11.8 Å². The summed E-state index contributed by atoms with van der Waals surface area (Å²) in [6, 6.07) is 11.3. The van der Waals surface area contributed by atoms with Crippen LogP contribution >= 0.6 is 0 Å². The van der Waals surface area contributed by atoms with Gasteiger partial charge in [-0.2, -0.15) is 0 Å². The molecule has 2 aromatic heterocycles. The number of nitrogen functional groups attached to an aromatic ring is 1. The van der Waals surface area contributed by atoms with Gasteiger partial charge in [0.2, 0.25) is 5.82 Å². The van der Waals surface area contributed by atoms with E-state index in [0.717, 1.165) is 41.7 Å². The van der Waals surface area contributed by atoms with Crippen LogP contribution < -0.4 is 21.6 Å². The van der Waals surface area contributed by atoms with Gasteiger partial charge in [0.25, 0.3) is 5.56 Å². The lowest BCUT2D eigenvalue weighted by Gasteiger charge is -2.12. The van der Waals surface area contributed by atoms with E-state index in [0.29, 0.717) is 12.5 Å². The van der Waals surface area contributed by atoms with E-state index in [2.05, 4.69) is 22.2 Å². The number of rotatable bonds is 6. The lowest BCUT2D eigenvalue weighted by atomic mass is 10.2. The molecule has 0 radical (unpaired) electrons. The van der Waals surface area contributed by atoms with Gasteiger partial charge < -0.3 is 9.88 Å². The van der Waals surface area contributed by atoms with Gasteiger partial charge in [0, 0.05) is 12.6 Å². The molecule has 6 nitrogen and oxygen atoms in total. The maximum absolute atomic E-state index is 12.4. The van der Waals surface area contributed by atoms with Crippen molar-refractivity contribution in [2.75, 3.05) is 17.6 Å². The molecular formula is C18H22N5O+. The number of nitrogens with zero attached hydrogens (tertiary/aromatic N) is 2. The summed E-state index contributed by atoms with van der Waals surface area (Å²) in [4.78, 5) is 19.6. The Bertz CT molecular complexity index is 903. The number of hydrogen-bond acceptors (Lipinski definition) is 4. The van der Waals surface area contributed by atoms with Crippen molar-refractivity contribution in [1.82, 2.24) is 9.55 Å². The van der Waals surface area contributed by atoms with Gasteiger partial charge in [-0.05, 0) is 23.9 Å². The molecule has 6 heteroatoms. The normalized spacial score (nSPS) is 10.9. The molecule has 3 rings (SSSR count). The Labute approximate surface area is 140 Å².